The predicted octanol–water partition coefficient (Wildman–Crippen LogP) is 4.02. The minimum Gasteiger partial charge on any atom is -0.457 e. The fourth-order valence-electron chi connectivity index (χ4n) is 1.83. The van der Waals surface area contributed by atoms with Gasteiger partial charge in [-0.05, 0) is 17.9 Å². The summed E-state index contributed by atoms with van der Waals surface area (Å²) in [5.74, 6) is -0.0660. The number of hydrogen-bond acceptors (Lipinski definition) is 4. The molecule has 0 saturated heterocycles. The first kappa shape index (κ1) is 12.0. The van der Waals surface area contributed by atoms with Gasteiger partial charge < -0.3 is 4.74 Å². The first-order chi connectivity index (χ1) is 7.70. The molecular formula is C12H16O2S2. The van der Waals surface area contributed by atoms with Crippen molar-refractivity contribution in [2.75, 3.05) is 0 Å². The van der Waals surface area contributed by atoms with Gasteiger partial charge in [-0.25, -0.2) is 0 Å². The van der Waals surface area contributed by atoms with E-state index >= 15 is 0 Å². The molecule has 0 saturated carbocycles. The van der Waals surface area contributed by atoms with Gasteiger partial charge in [0.2, 0.25) is 0 Å². The minimum absolute atomic E-state index is 0.0171. The molecule has 1 aliphatic rings. The summed E-state index contributed by atoms with van der Waals surface area (Å²) in [5, 5.41) is 2.61. The third kappa shape index (κ3) is 2.61. The summed E-state index contributed by atoms with van der Waals surface area (Å²) >= 11 is 3.63. The average Bonchev–Trinajstić information content (AvgIpc) is 2.65. The van der Waals surface area contributed by atoms with Gasteiger partial charge in [-0.1, -0.05) is 13.8 Å². The van der Waals surface area contributed by atoms with E-state index in [0.29, 0.717) is 11.7 Å². The molecule has 0 bridgehead atoms. The molecule has 16 heavy (non-hydrogen) atoms. The smallest absolute Gasteiger partial charge is 0.306 e. The summed E-state index contributed by atoms with van der Waals surface area (Å²) in [6, 6.07) is 2.09. The number of carbonyl (C=O) groups is 1. The molecule has 0 aromatic carbocycles. The molecular weight excluding hydrogens is 240 g/mol. The molecule has 0 radical (unpaired) electrons. The molecule has 4 heteroatoms. The van der Waals surface area contributed by atoms with Crippen LogP contribution in [0.4, 0.5) is 0 Å². The predicted molar refractivity (Wildman–Crippen MR) is 68.0 cm³/mol. The lowest BCUT2D eigenvalue weighted by Gasteiger charge is -2.26. The molecule has 1 aromatic rings. The summed E-state index contributed by atoms with van der Waals surface area (Å²) in [7, 11) is 0. The molecule has 0 amide bonds. The second-order valence-electron chi connectivity index (χ2n) is 4.06. The van der Waals surface area contributed by atoms with Gasteiger partial charge in [-0.15, -0.1) is 23.1 Å². The maximum absolute atomic E-state index is 11.5. The topological polar surface area (TPSA) is 26.3 Å². The van der Waals surface area contributed by atoms with E-state index < -0.39 is 0 Å². The summed E-state index contributed by atoms with van der Waals surface area (Å²) in [4.78, 5) is 11.5. The third-order valence-corrected chi connectivity index (χ3v) is 4.93. The van der Waals surface area contributed by atoms with Crippen LogP contribution >= 0.6 is 23.1 Å². The fraction of sp³-hybridized carbons (Fsp3) is 0.583. The Balaban J connectivity index is 2.08. The maximum Gasteiger partial charge on any atom is 0.306 e. The molecule has 2 atom stereocenters. The standard InChI is InChI=1S/C12H16O2S2/c1-3-4-11(13)14-10-7-8(2)16-12-9(10)5-6-15-12/h5-6,8,10H,3-4,7H2,1-2H3/t8-,10+/m0/s1. The van der Waals surface area contributed by atoms with Crippen LogP contribution in [0.1, 0.15) is 44.8 Å². The maximum atomic E-state index is 11.5. The van der Waals surface area contributed by atoms with E-state index in [9.17, 15) is 4.79 Å². The van der Waals surface area contributed by atoms with Crippen molar-refractivity contribution in [2.24, 2.45) is 0 Å². The number of ether oxygens (including phenoxy) is 1. The third-order valence-electron chi connectivity index (χ3n) is 2.59. The van der Waals surface area contributed by atoms with Crippen LogP contribution in [0.15, 0.2) is 15.7 Å². The van der Waals surface area contributed by atoms with Gasteiger partial charge in [0.05, 0.1) is 4.21 Å². The van der Waals surface area contributed by atoms with E-state index in [1.54, 1.807) is 11.3 Å². The molecule has 1 aliphatic heterocycles. The van der Waals surface area contributed by atoms with Gasteiger partial charge in [-0.2, -0.15) is 0 Å². The Labute approximate surface area is 104 Å². The van der Waals surface area contributed by atoms with Gasteiger partial charge in [-0.3, -0.25) is 4.79 Å². The SMILES string of the molecule is CCCC(=O)O[C@@H]1C[C@H](C)Sc2sccc21. The van der Waals surface area contributed by atoms with Crippen LogP contribution in [0.25, 0.3) is 0 Å². The van der Waals surface area contributed by atoms with Crippen molar-refractivity contribution < 1.29 is 9.53 Å². The summed E-state index contributed by atoms with van der Waals surface area (Å²) in [6.45, 7) is 4.19. The van der Waals surface area contributed by atoms with Crippen molar-refractivity contribution in [1.82, 2.24) is 0 Å². The van der Waals surface area contributed by atoms with E-state index in [2.05, 4.69) is 18.4 Å². The van der Waals surface area contributed by atoms with E-state index in [0.717, 1.165) is 12.8 Å². The summed E-state index contributed by atoms with van der Waals surface area (Å²) in [5.41, 5.74) is 1.21. The number of hydrogen-bond donors (Lipinski definition) is 0. The molecule has 1 aromatic heterocycles. The van der Waals surface area contributed by atoms with Crippen LogP contribution in [-0.2, 0) is 9.53 Å². The molecule has 2 rings (SSSR count). The first-order valence-electron chi connectivity index (χ1n) is 5.64. The van der Waals surface area contributed by atoms with E-state index in [-0.39, 0.29) is 12.1 Å². The van der Waals surface area contributed by atoms with Crippen LogP contribution < -0.4 is 0 Å². The van der Waals surface area contributed by atoms with E-state index in [4.69, 9.17) is 4.74 Å². The number of thioether (sulfide) groups is 1. The Morgan fingerprint density at radius 2 is 2.44 bits per heavy atom. The Bertz CT molecular complexity index is 373. The average molecular weight is 256 g/mol. The number of fused-ring (bicyclic) bond motifs is 1. The number of thiophene rings is 1. The Morgan fingerprint density at radius 3 is 3.19 bits per heavy atom. The Hall–Kier alpha value is -0.480. The van der Waals surface area contributed by atoms with Crippen molar-refractivity contribution in [3.8, 4) is 0 Å². The van der Waals surface area contributed by atoms with Crippen LogP contribution in [0.3, 0.4) is 0 Å². The van der Waals surface area contributed by atoms with Gasteiger partial charge in [0, 0.05) is 23.7 Å². The Morgan fingerprint density at radius 1 is 1.62 bits per heavy atom. The zero-order valence-corrected chi connectivity index (χ0v) is 11.2. The normalized spacial score (nSPS) is 23.9. The molecule has 2 heterocycles. The summed E-state index contributed by atoms with van der Waals surface area (Å²) < 4.78 is 6.85. The zero-order valence-electron chi connectivity index (χ0n) is 9.56. The summed E-state index contributed by atoms with van der Waals surface area (Å²) in [6.07, 6.45) is 2.30. The molecule has 2 nitrogen and oxygen atoms in total. The minimum atomic E-state index is -0.0660. The highest BCUT2D eigenvalue weighted by atomic mass is 32.2. The first-order valence-corrected chi connectivity index (χ1v) is 7.40. The lowest BCUT2D eigenvalue weighted by Crippen LogP contribution is -2.18. The van der Waals surface area contributed by atoms with Crippen molar-refractivity contribution >= 4 is 29.1 Å². The monoisotopic (exact) mass is 256 g/mol. The van der Waals surface area contributed by atoms with E-state index in [1.165, 1.54) is 9.77 Å². The lowest BCUT2D eigenvalue weighted by molar-refractivity contribution is -0.150. The highest BCUT2D eigenvalue weighted by molar-refractivity contribution is 8.01. The van der Waals surface area contributed by atoms with Gasteiger partial charge in [0.15, 0.2) is 0 Å². The van der Waals surface area contributed by atoms with Gasteiger partial charge >= 0.3 is 5.97 Å². The molecule has 88 valence electrons. The van der Waals surface area contributed by atoms with Crippen molar-refractivity contribution in [3.05, 3.63) is 17.0 Å². The molecule has 0 spiro atoms. The molecule has 0 unspecified atom stereocenters. The molecule has 0 N–H and O–H groups in total. The highest BCUT2D eigenvalue weighted by Gasteiger charge is 2.28. The molecule has 0 aliphatic carbocycles. The fourth-order valence-corrected chi connectivity index (χ4v) is 4.36. The largest absolute Gasteiger partial charge is 0.457 e. The van der Waals surface area contributed by atoms with Crippen molar-refractivity contribution in [2.45, 2.75) is 48.7 Å². The Kier molecular flexibility index (Phi) is 3.92. The van der Waals surface area contributed by atoms with Crippen LogP contribution in [0, 0.1) is 0 Å². The van der Waals surface area contributed by atoms with Crippen molar-refractivity contribution in [3.63, 3.8) is 0 Å². The zero-order chi connectivity index (χ0) is 11.5. The number of esters is 1. The number of carbonyl (C=O) groups excluding carboxylic acids is 1. The van der Waals surface area contributed by atoms with Crippen molar-refractivity contribution in [1.29, 1.82) is 0 Å². The quantitative estimate of drug-likeness (QED) is 0.764. The van der Waals surface area contributed by atoms with Crippen LogP contribution in [0.2, 0.25) is 0 Å². The molecule has 0 fully saturated rings. The van der Waals surface area contributed by atoms with Gasteiger partial charge in [0.25, 0.3) is 0 Å². The van der Waals surface area contributed by atoms with Crippen LogP contribution in [-0.4, -0.2) is 11.2 Å². The van der Waals surface area contributed by atoms with Crippen LogP contribution in [0.5, 0.6) is 0 Å². The second-order valence-corrected chi connectivity index (χ2v) is 6.68. The highest BCUT2D eigenvalue weighted by Crippen LogP contribution is 2.45. The lowest BCUT2D eigenvalue weighted by atomic mass is 10.1. The number of rotatable bonds is 3. The second kappa shape index (κ2) is 5.23. The van der Waals surface area contributed by atoms with E-state index in [1.807, 2.05) is 18.7 Å². The van der Waals surface area contributed by atoms with Gasteiger partial charge in [0.1, 0.15) is 6.10 Å².